The molecule has 0 spiro atoms. The topological polar surface area (TPSA) is 38.9 Å². The van der Waals surface area contributed by atoms with E-state index in [1.807, 2.05) is 30.6 Å². The highest BCUT2D eigenvalue weighted by atomic mass is 28.3. The smallest absolute Gasteiger partial charge is 0.153 e. The molecule has 4 rings (SSSR count). The Labute approximate surface area is 142 Å². The second-order valence-electron chi connectivity index (χ2n) is 7.29. The summed E-state index contributed by atoms with van der Waals surface area (Å²) in [7, 11) is -1.53. The lowest BCUT2D eigenvalue weighted by Gasteiger charge is -2.18. The van der Waals surface area contributed by atoms with E-state index in [-0.39, 0.29) is 0 Å². The molecule has 3 nitrogen and oxygen atoms in total. The molecule has 0 aliphatic heterocycles. The molecular weight excluding hydrogens is 312 g/mol. The Morgan fingerprint density at radius 3 is 2.54 bits per heavy atom. The minimum absolute atomic E-state index is 0.840. The van der Waals surface area contributed by atoms with Gasteiger partial charge in [0.2, 0.25) is 0 Å². The molecular formula is C20H20N2OSi. The van der Waals surface area contributed by atoms with E-state index in [4.69, 9.17) is 4.42 Å². The predicted octanol–water partition coefficient (Wildman–Crippen LogP) is 4.90. The molecule has 24 heavy (non-hydrogen) atoms. The Balaban J connectivity index is 2.15. The molecule has 0 radical (unpaired) electrons. The molecule has 0 unspecified atom stereocenters. The highest BCUT2D eigenvalue weighted by Gasteiger charge is 2.25. The van der Waals surface area contributed by atoms with Crippen LogP contribution in [0.4, 0.5) is 0 Å². The summed E-state index contributed by atoms with van der Waals surface area (Å²) >= 11 is 0. The Bertz CT molecular complexity index is 1060. The van der Waals surface area contributed by atoms with E-state index >= 15 is 0 Å². The van der Waals surface area contributed by atoms with Gasteiger partial charge >= 0.3 is 0 Å². The third kappa shape index (κ3) is 2.34. The molecule has 0 bridgehead atoms. The fourth-order valence-electron chi connectivity index (χ4n) is 3.20. The average Bonchev–Trinajstić information content (AvgIpc) is 2.92. The van der Waals surface area contributed by atoms with Gasteiger partial charge in [-0.2, -0.15) is 0 Å². The van der Waals surface area contributed by atoms with Crippen molar-refractivity contribution >= 4 is 35.3 Å². The van der Waals surface area contributed by atoms with Crippen molar-refractivity contribution in [2.24, 2.45) is 0 Å². The third-order valence-corrected chi connectivity index (χ3v) is 6.41. The number of aromatic nitrogens is 2. The first-order valence-corrected chi connectivity index (χ1v) is 11.7. The van der Waals surface area contributed by atoms with Crippen LogP contribution in [-0.2, 0) is 0 Å². The van der Waals surface area contributed by atoms with E-state index in [0.29, 0.717) is 0 Å². The van der Waals surface area contributed by atoms with Crippen LogP contribution in [0.3, 0.4) is 0 Å². The number of rotatable bonds is 2. The van der Waals surface area contributed by atoms with Crippen molar-refractivity contribution in [3.8, 4) is 11.3 Å². The molecule has 0 saturated heterocycles. The zero-order valence-corrected chi connectivity index (χ0v) is 15.4. The van der Waals surface area contributed by atoms with Crippen LogP contribution in [0.1, 0.15) is 5.56 Å². The number of hydrogen-bond donors (Lipinski definition) is 0. The van der Waals surface area contributed by atoms with Crippen molar-refractivity contribution in [1.29, 1.82) is 0 Å². The molecule has 4 heteroatoms. The Morgan fingerprint density at radius 2 is 1.79 bits per heavy atom. The molecule has 0 saturated carbocycles. The molecule has 3 heterocycles. The van der Waals surface area contributed by atoms with Gasteiger partial charge in [-0.25, -0.2) is 0 Å². The molecule has 3 aromatic heterocycles. The van der Waals surface area contributed by atoms with Crippen LogP contribution in [0.2, 0.25) is 19.6 Å². The van der Waals surface area contributed by atoms with Crippen molar-refractivity contribution in [2.45, 2.75) is 26.6 Å². The molecule has 0 N–H and O–H groups in total. The number of pyridine rings is 2. The highest BCUT2D eigenvalue weighted by Crippen LogP contribution is 2.34. The zero-order valence-electron chi connectivity index (χ0n) is 14.4. The van der Waals surface area contributed by atoms with Gasteiger partial charge in [-0.1, -0.05) is 25.7 Å². The first kappa shape index (κ1) is 15.1. The molecule has 0 fully saturated rings. The second kappa shape index (κ2) is 5.28. The van der Waals surface area contributed by atoms with Crippen LogP contribution >= 0.6 is 0 Å². The lowest BCUT2D eigenvalue weighted by atomic mass is 10.1. The molecule has 0 amide bonds. The SMILES string of the molecule is Cc1ccnc(-c2ccc([Si](C)(C)C)c3c2oc2cccnc23)c1. The van der Waals surface area contributed by atoms with Crippen molar-refractivity contribution in [2.75, 3.05) is 0 Å². The van der Waals surface area contributed by atoms with Crippen LogP contribution in [0.25, 0.3) is 33.3 Å². The fraction of sp³-hybridized carbons (Fsp3) is 0.200. The van der Waals surface area contributed by atoms with Crippen LogP contribution in [0.5, 0.6) is 0 Å². The first-order valence-electron chi connectivity index (χ1n) is 8.19. The van der Waals surface area contributed by atoms with Gasteiger partial charge in [0.15, 0.2) is 5.58 Å². The van der Waals surface area contributed by atoms with Crippen LogP contribution in [0, 0.1) is 6.92 Å². The maximum absolute atomic E-state index is 6.23. The van der Waals surface area contributed by atoms with Crippen molar-refractivity contribution in [3.63, 3.8) is 0 Å². The monoisotopic (exact) mass is 332 g/mol. The average molecular weight is 332 g/mol. The number of aryl methyl sites for hydroxylation is 1. The van der Waals surface area contributed by atoms with Gasteiger partial charge in [-0.05, 0) is 48.0 Å². The van der Waals surface area contributed by atoms with E-state index in [1.165, 1.54) is 10.8 Å². The summed E-state index contributed by atoms with van der Waals surface area (Å²) in [6, 6.07) is 12.4. The Hall–Kier alpha value is -2.46. The lowest BCUT2D eigenvalue weighted by molar-refractivity contribution is 0.669. The molecule has 0 aliphatic carbocycles. The van der Waals surface area contributed by atoms with Gasteiger partial charge in [0.25, 0.3) is 0 Å². The first-order chi connectivity index (χ1) is 11.4. The highest BCUT2D eigenvalue weighted by molar-refractivity contribution is 6.90. The predicted molar refractivity (Wildman–Crippen MR) is 102 cm³/mol. The summed E-state index contributed by atoms with van der Waals surface area (Å²) in [4.78, 5) is 9.16. The zero-order chi connectivity index (χ0) is 16.9. The maximum atomic E-state index is 6.23. The third-order valence-electron chi connectivity index (χ3n) is 4.38. The van der Waals surface area contributed by atoms with E-state index in [0.717, 1.165) is 33.3 Å². The van der Waals surface area contributed by atoms with Gasteiger partial charge < -0.3 is 4.42 Å². The minimum Gasteiger partial charge on any atom is -0.454 e. The number of nitrogens with zero attached hydrogens (tertiary/aromatic N) is 2. The minimum atomic E-state index is -1.53. The molecule has 4 aromatic rings. The Kier molecular flexibility index (Phi) is 3.32. The van der Waals surface area contributed by atoms with E-state index in [2.05, 4.69) is 54.7 Å². The summed E-state index contributed by atoms with van der Waals surface area (Å²) in [6.07, 6.45) is 3.69. The number of furan rings is 1. The summed E-state index contributed by atoms with van der Waals surface area (Å²) in [5.74, 6) is 0. The lowest BCUT2D eigenvalue weighted by Crippen LogP contribution is -2.38. The van der Waals surface area contributed by atoms with Gasteiger partial charge in [-0.3, -0.25) is 9.97 Å². The molecule has 120 valence electrons. The van der Waals surface area contributed by atoms with Crippen molar-refractivity contribution < 1.29 is 4.42 Å². The van der Waals surface area contributed by atoms with E-state index in [1.54, 1.807) is 0 Å². The molecule has 0 atom stereocenters. The second-order valence-corrected chi connectivity index (χ2v) is 12.3. The largest absolute Gasteiger partial charge is 0.454 e. The van der Waals surface area contributed by atoms with Crippen LogP contribution in [0.15, 0.2) is 53.2 Å². The summed E-state index contributed by atoms with van der Waals surface area (Å²) in [6.45, 7) is 9.15. The standard InChI is InChI=1S/C20H20N2OSi/c1-13-9-11-21-15(12-13)14-7-8-17(24(2,3)4)18-19-16(23-20(14)18)6-5-10-22-19/h5-12H,1-4H3. The Morgan fingerprint density at radius 1 is 0.958 bits per heavy atom. The molecule has 0 aliphatic rings. The van der Waals surface area contributed by atoms with Crippen LogP contribution in [-0.4, -0.2) is 18.0 Å². The normalized spacial score (nSPS) is 12.2. The number of benzene rings is 1. The van der Waals surface area contributed by atoms with Crippen LogP contribution < -0.4 is 5.19 Å². The summed E-state index contributed by atoms with van der Waals surface area (Å²) in [5, 5.41) is 2.54. The number of hydrogen-bond acceptors (Lipinski definition) is 3. The van der Waals surface area contributed by atoms with Gasteiger partial charge in [0, 0.05) is 23.3 Å². The number of fused-ring (bicyclic) bond motifs is 3. The van der Waals surface area contributed by atoms with Crippen molar-refractivity contribution in [3.05, 3.63) is 54.4 Å². The van der Waals surface area contributed by atoms with Gasteiger partial charge in [0.1, 0.15) is 11.1 Å². The quantitative estimate of drug-likeness (QED) is 0.490. The molecule has 1 aromatic carbocycles. The summed E-state index contributed by atoms with van der Waals surface area (Å²) in [5.41, 5.74) is 5.87. The summed E-state index contributed by atoms with van der Waals surface area (Å²) < 4.78 is 6.23. The van der Waals surface area contributed by atoms with E-state index < -0.39 is 8.07 Å². The van der Waals surface area contributed by atoms with Gasteiger partial charge in [0.05, 0.1) is 13.8 Å². The van der Waals surface area contributed by atoms with Crippen molar-refractivity contribution in [1.82, 2.24) is 9.97 Å². The van der Waals surface area contributed by atoms with E-state index in [9.17, 15) is 0 Å². The van der Waals surface area contributed by atoms with Gasteiger partial charge in [-0.15, -0.1) is 0 Å². The maximum Gasteiger partial charge on any atom is 0.153 e. The fourth-order valence-corrected chi connectivity index (χ4v) is 4.77.